The molecule has 13 heavy (non-hydrogen) atoms. The van der Waals surface area contributed by atoms with Crippen LogP contribution in [0.15, 0.2) is 49.6 Å². The molecule has 0 atom stereocenters. The van der Waals surface area contributed by atoms with Gasteiger partial charge in [0, 0.05) is 24.8 Å². The first-order chi connectivity index (χ1) is 6.00. The van der Waals surface area contributed by atoms with Crippen molar-refractivity contribution in [3.63, 3.8) is 0 Å². The standard InChI is InChI=1S/2C4H4N2.ClH/c2*1-2-5-4-6-3-1;/h2*1-4H;1H. The Morgan fingerprint density at radius 1 is 0.538 bits per heavy atom. The summed E-state index contributed by atoms with van der Waals surface area (Å²) >= 11 is 0. The summed E-state index contributed by atoms with van der Waals surface area (Å²) in [7, 11) is 0. The Morgan fingerprint density at radius 2 is 0.846 bits per heavy atom. The van der Waals surface area contributed by atoms with Crippen LogP contribution in [-0.2, 0) is 0 Å². The SMILES string of the molecule is Cl.c1cncnc1.c1cncnc1. The summed E-state index contributed by atoms with van der Waals surface area (Å²) in [6, 6.07) is 3.56. The van der Waals surface area contributed by atoms with Gasteiger partial charge in [0.15, 0.2) is 0 Å². The summed E-state index contributed by atoms with van der Waals surface area (Å²) in [5.74, 6) is 0. The topological polar surface area (TPSA) is 51.6 Å². The summed E-state index contributed by atoms with van der Waals surface area (Å²) in [4.78, 5) is 14.7. The average molecular weight is 197 g/mol. The van der Waals surface area contributed by atoms with Gasteiger partial charge in [-0.2, -0.15) is 0 Å². The normalized spacial score (nSPS) is 7.38. The van der Waals surface area contributed by atoms with Crippen LogP contribution in [0, 0.1) is 0 Å². The Morgan fingerprint density at radius 3 is 0.923 bits per heavy atom. The van der Waals surface area contributed by atoms with E-state index in [1.807, 2.05) is 0 Å². The zero-order valence-electron chi connectivity index (χ0n) is 6.82. The lowest BCUT2D eigenvalue weighted by Gasteiger charge is -1.70. The monoisotopic (exact) mass is 196 g/mol. The highest BCUT2D eigenvalue weighted by Gasteiger charge is 1.59. The van der Waals surface area contributed by atoms with E-state index in [1.54, 1.807) is 36.9 Å². The summed E-state index contributed by atoms with van der Waals surface area (Å²) in [5, 5.41) is 0. The minimum atomic E-state index is 0. The summed E-state index contributed by atoms with van der Waals surface area (Å²) in [5.41, 5.74) is 0. The lowest BCUT2D eigenvalue weighted by molar-refractivity contribution is 1.17. The highest BCUT2D eigenvalue weighted by Crippen LogP contribution is 1.67. The maximum atomic E-state index is 3.67. The molecule has 0 saturated carbocycles. The average Bonchev–Trinajstić information content (AvgIpc) is 2.24. The lowest BCUT2D eigenvalue weighted by atomic mass is 10.7. The molecule has 2 aromatic heterocycles. The zero-order chi connectivity index (χ0) is 8.49. The van der Waals surface area contributed by atoms with Gasteiger partial charge in [-0.3, -0.25) is 0 Å². The highest BCUT2D eigenvalue weighted by atomic mass is 35.5. The number of hydrogen-bond donors (Lipinski definition) is 0. The smallest absolute Gasteiger partial charge is 0.115 e. The fraction of sp³-hybridized carbons (Fsp3) is 0. The van der Waals surface area contributed by atoms with E-state index >= 15 is 0 Å². The van der Waals surface area contributed by atoms with Crippen molar-refractivity contribution in [3.05, 3.63) is 49.6 Å². The summed E-state index contributed by atoms with van der Waals surface area (Å²) in [6.07, 6.45) is 9.75. The van der Waals surface area contributed by atoms with E-state index < -0.39 is 0 Å². The molecule has 4 nitrogen and oxygen atoms in total. The van der Waals surface area contributed by atoms with Gasteiger partial charge in [-0.1, -0.05) is 0 Å². The second kappa shape index (κ2) is 8.55. The van der Waals surface area contributed by atoms with Gasteiger partial charge >= 0.3 is 0 Å². The molecular formula is C8H9ClN4. The maximum Gasteiger partial charge on any atom is 0.115 e. The largest absolute Gasteiger partial charge is 0.245 e. The number of halogens is 1. The number of rotatable bonds is 0. The van der Waals surface area contributed by atoms with E-state index in [1.165, 1.54) is 12.7 Å². The predicted octanol–water partition coefficient (Wildman–Crippen LogP) is 1.38. The van der Waals surface area contributed by atoms with Crippen LogP contribution in [0.25, 0.3) is 0 Å². The van der Waals surface area contributed by atoms with Crippen molar-refractivity contribution < 1.29 is 0 Å². The van der Waals surface area contributed by atoms with Crippen LogP contribution in [-0.4, -0.2) is 19.9 Å². The molecule has 68 valence electrons. The number of hydrogen-bond acceptors (Lipinski definition) is 4. The fourth-order valence-corrected chi connectivity index (χ4v) is 0.507. The van der Waals surface area contributed by atoms with E-state index in [4.69, 9.17) is 0 Å². The van der Waals surface area contributed by atoms with Crippen LogP contribution in [0.1, 0.15) is 0 Å². The van der Waals surface area contributed by atoms with Crippen molar-refractivity contribution in [1.82, 2.24) is 19.9 Å². The molecule has 2 heterocycles. The molecule has 0 N–H and O–H groups in total. The molecule has 0 aliphatic rings. The Balaban J connectivity index is 0.000000206. The molecule has 2 rings (SSSR count). The second-order valence-electron chi connectivity index (χ2n) is 1.81. The van der Waals surface area contributed by atoms with Gasteiger partial charge in [0.05, 0.1) is 0 Å². The number of nitrogens with zero attached hydrogens (tertiary/aromatic N) is 4. The van der Waals surface area contributed by atoms with E-state index in [-0.39, 0.29) is 12.4 Å². The van der Waals surface area contributed by atoms with E-state index in [2.05, 4.69) is 19.9 Å². The molecule has 0 amide bonds. The molecule has 0 aromatic carbocycles. The van der Waals surface area contributed by atoms with Crippen LogP contribution in [0.5, 0.6) is 0 Å². The van der Waals surface area contributed by atoms with Gasteiger partial charge in [-0.25, -0.2) is 19.9 Å². The van der Waals surface area contributed by atoms with E-state index in [9.17, 15) is 0 Å². The molecule has 2 aromatic rings. The molecule has 0 aliphatic heterocycles. The van der Waals surface area contributed by atoms with Gasteiger partial charge in [0.2, 0.25) is 0 Å². The third kappa shape index (κ3) is 6.83. The highest BCUT2D eigenvalue weighted by molar-refractivity contribution is 5.85. The van der Waals surface area contributed by atoms with E-state index in [0.29, 0.717) is 0 Å². The Bertz CT molecular complexity index is 192. The minimum Gasteiger partial charge on any atom is -0.245 e. The molecule has 0 unspecified atom stereocenters. The predicted molar refractivity (Wildman–Crippen MR) is 51.3 cm³/mol. The van der Waals surface area contributed by atoms with Crippen LogP contribution in [0.4, 0.5) is 0 Å². The van der Waals surface area contributed by atoms with Gasteiger partial charge in [-0.05, 0) is 12.1 Å². The van der Waals surface area contributed by atoms with E-state index in [0.717, 1.165) is 0 Å². The minimum absolute atomic E-state index is 0. The van der Waals surface area contributed by atoms with Gasteiger partial charge < -0.3 is 0 Å². The second-order valence-corrected chi connectivity index (χ2v) is 1.81. The van der Waals surface area contributed by atoms with Crippen molar-refractivity contribution in [2.24, 2.45) is 0 Å². The molecule has 5 heteroatoms. The molecule has 0 radical (unpaired) electrons. The van der Waals surface area contributed by atoms with Crippen molar-refractivity contribution in [3.8, 4) is 0 Å². The lowest BCUT2D eigenvalue weighted by Crippen LogP contribution is -1.66. The first kappa shape index (κ1) is 11.4. The maximum absolute atomic E-state index is 3.67. The third-order valence-corrected chi connectivity index (χ3v) is 0.955. The van der Waals surface area contributed by atoms with Crippen molar-refractivity contribution in [1.29, 1.82) is 0 Å². The molecule has 0 fully saturated rings. The van der Waals surface area contributed by atoms with Crippen LogP contribution in [0.2, 0.25) is 0 Å². The first-order valence-electron chi connectivity index (χ1n) is 3.40. The molecule has 0 spiro atoms. The Kier molecular flexibility index (Phi) is 7.53. The van der Waals surface area contributed by atoms with Gasteiger partial charge in [0.1, 0.15) is 12.7 Å². The Labute approximate surface area is 82.5 Å². The van der Waals surface area contributed by atoms with Crippen LogP contribution < -0.4 is 0 Å². The quantitative estimate of drug-likeness (QED) is 0.639. The van der Waals surface area contributed by atoms with Crippen molar-refractivity contribution in [2.45, 2.75) is 0 Å². The first-order valence-corrected chi connectivity index (χ1v) is 3.40. The van der Waals surface area contributed by atoms with Crippen LogP contribution in [0.3, 0.4) is 0 Å². The van der Waals surface area contributed by atoms with Gasteiger partial charge in [-0.15, -0.1) is 12.4 Å². The third-order valence-electron chi connectivity index (χ3n) is 0.955. The summed E-state index contributed by atoms with van der Waals surface area (Å²) in [6.45, 7) is 0. The molecular weight excluding hydrogens is 188 g/mol. The van der Waals surface area contributed by atoms with Gasteiger partial charge in [0.25, 0.3) is 0 Å². The summed E-state index contributed by atoms with van der Waals surface area (Å²) < 4.78 is 0. The van der Waals surface area contributed by atoms with Crippen molar-refractivity contribution >= 4 is 12.4 Å². The van der Waals surface area contributed by atoms with Crippen molar-refractivity contribution in [2.75, 3.05) is 0 Å². The zero-order valence-corrected chi connectivity index (χ0v) is 7.63. The Hall–Kier alpha value is -1.55. The molecule has 0 saturated heterocycles. The fourth-order valence-electron chi connectivity index (χ4n) is 0.507. The molecule has 0 bridgehead atoms. The molecule has 0 aliphatic carbocycles. The van der Waals surface area contributed by atoms with Crippen LogP contribution >= 0.6 is 12.4 Å². The number of aromatic nitrogens is 4.